The van der Waals surface area contributed by atoms with Crippen LogP contribution in [0.5, 0.6) is 11.5 Å². The summed E-state index contributed by atoms with van der Waals surface area (Å²) >= 11 is 0. The van der Waals surface area contributed by atoms with E-state index in [1.165, 1.54) is 18.2 Å². The Bertz CT molecular complexity index is 596. The van der Waals surface area contributed by atoms with E-state index in [1.807, 2.05) is 6.92 Å². The van der Waals surface area contributed by atoms with Crippen LogP contribution in [0.25, 0.3) is 0 Å². The molecular formula is C16H16F3NO. The molecular weight excluding hydrogens is 279 g/mol. The molecule has 1 N–H and O–H groups in total. The molecule has 2 aromatic rings. The molecule has 0 atom stereocenters. The topological polar surface area (TPSA) is 21.3 Å². The molecule has 2 aromatic carbocycles. The van der Waals surface area contributed by atoms with Crippen LogP contribution in [0.2, 0.25) is 0 Å². The molecule has 112 valence electrons. The molecule has 0 unspecified atom stereocenters. The smallest absolute Gasteiger partial charge is 0.133 e. The summed E-state index contributed by atoms with van der Waals surface area (Å²) in [6.45, 7) is 3.22. The third-order valence-electron chi connectivity index (χ3n) is 2.83. The standard InChI is InChI=1S/C16H16F3NO/c1-2-5-20-10-11-6-12(17)3-4-16(11)21-15-8-13(18)7-14(19)9-15/h3-4,6-9,20H,2,5,10H2,1H3. The van der Waals surface area contributed by atoms with Gasteiger partial charge in [-0.3, -0.25) is 0 Å². The van der Waals surface area contributed by atoms with Gasteiger partial charge in [-0.15, -0.1) is 0 Å². The van der Waals surface area contributed by atoms with Gasteiger partial charge in [0.2, 0.25) is 0 Å². The van der Waals surface area contributed by atoms with E-state index in [2.05, 4.69) is 5.32 Å². The fraction of sp³-hybridized carbons (Fsp3) is 0.250. The van der Waals surface area contributed by atoms with Crippen molar-refractivity contribution in [3.05, 3.63) is 59.4 Å². The Morgan fingerprint density at radius 3 is 2.33 bits per heavy atom. The summed E-state index contributed by atoms with van der Waals surface area (Å²) in [5.74, 6) is -1.43. The van der Waals surface area contributed by atoms with Gasteiger partial charge in [-0.2, -0.15) is 0 Å². The second kappa shape index (κ2) is 7.13. The van der Waals surface area contributed by atoms with E-state index in [0.717, 1.165) is 31.2 Å². The first kappa shape index (κ1) is 15.4. The molecule has 2 rings (SSSR count). The number of halogens is 3. The van der Waals surface area contributed by atoms with Crippen LogP contribution in [0.15, 0.2) is 36.4 Å². The number of rotatable bonds is 6. The van der Waals surface area contributed by atoms with E-state index in [-0.39, 0.29) is 11.6 Å². The zero-order valence-corrected chi connectivity index (χ0v) is 11.6. The molecule has 0 spiro atoms. The Kier molecular flexibility index (Phi) is 5.22. The van der Waals surface area contributed by atoms with Gasteiger partial charge in [0.1, 0.15) is 29.0 Å². The Morgan fingerprint density at radius 1 is 0.952 bits per heavy atom. The Morgan fingerprint density at radius 2 is 1.67 bits per heavy atom. The minimum Gasteiger partial charge on any atom is -0.457 e. The average Bonchev–Trinajstić information content (AvgIpc) is 2.41. The first-order chi connectivity index (χ1) is 10.1. The third-order valence-corrected chi connectivity index (χ3v) is 2.83. The van der Waals surface area contributed by atoms with E-state index in [0.29, 0.717) is 17.9 Å². The van der Waals surface area contributed by atoms with E-state index in [4.69, 9.17) is 4.74 Å². The fourth-order valence-corrected chi connectivity index (χ4v) is 1.90. The van der Waals surface area contributed by atoms with Crippen molar-refractivity contribution in [3.8, 4) is 11.5 Å². The number of hydrogen-bond donors (Lipinski definition) is 1. The predicted molar refractivity (Wildman–Crippen MR) is 74.8 cm³/mol. The van der Waals surface area contributed by atoms with Gasteiger partial charge in [-0.05, 0) is 31.2 Å². The van der Waals surface area contributed by atoms with Crippen molar-refractivity contribution in [1.82, 2.24) is 5.32 Å². The lowest BCUT2D eigenvalue weighted by Crippen LogP contribution is -2.14. The Labute approximate surface area is 121 Å². The molecule has 0 saturated heterocycles. The first-order valence-electron chi connectivity index (χ1n) is 6.71. The number of benzene rings is 2. The molecule has 0 aliphatic carbocycles. The second-order valence-corrected chi connectivity index (χ2v) is 4.64. The lowest BCUT2D eigenvalue weighted by Gasteiger charge is -2.12. The summed E-state index contributed by atoms with van der Waals surface area (Å²) in [4.78, 5) is 0. The lowest BCUT2D eigenvalue weighted by molar-refractivity contribution is 0.458. The van der Waals surface area contributed by atoms with Crippen LogP contribution in [0.1, 0.15) is 18.9 Å². The van der Waals surface area contributed by atoms with Crippen LogP contribution in [0, 0.1) is 17.5 Å². The minimum atomic E-state index is -0.724. The maximum Gasteiger partial charge on any atom is 0.133 e. The molecule has 0 amide bonds. The van der Waals surface area contributed by atoms with E-state index in [9.17, 15) is 13.2 Å². The van der Waals surface area contributed by atoms with Gasteiger partial charge >= 0.3 is 0 Å². The van der Waals surface area contributed by atoms with Crippen molar-refractivity contribution in [1.29, 1.82) is 0 Å². The van der Waals surface area contributed by atoms with Crippen molar-refractivity contribution < 1.29 is 17.9 Å². The number of hydrogen-bond acceptors (Lipinski definition) is 2. The van der Waals surface area contributed by atoms with Gasteiger partial charge in [0.15, 0.2) is 0 Å². The highest BCUT2D eigenvalue weighted by atomic mass is 19.1. The van der Waals surface area contributed by atoms with E-state index < -0.39 is 11.6 Å². The maximum atomic E-state index is 13.3. The molecule has 0 aromatic heterocycles. The summed E-state index contributed by atoms with van der Waals surface area (Å²) in [7, 11) is 0. The van der Waals surface area contributed by atoms with Crippen LogP contribution < -0.4 is 10.1 Å². The van der Waals surface area contributed by atoms with Gasteiger partial charge in [-0.1, -0.05) is 6.92 Å². The summed E-state index contributed by atoms with van der Waals surface area (Å²) in [6.07, 6.45) is 0.945. The largest absolute Gasteiger partial charge is 0.457 e. The van der Waals surface area contributed by atoms with Crippen LogP contribution in [-0.4, -0.2) is 6.54 Å². The van der Waals surface area contributed by atoms with Crippen molar-refractivity contribution >= 4 is 0 Å². The van der Waals surface area contributed by atoms with Crippen molar-refractivity contribution in [2.75, 3.05) is 6.54 Å². The SMILES string of the molecule is CCCNCc1cc(F)ccc1Oc1cc(F)cc(F)c1. The monoisotopic (exact) mass is 295 g/mol. The van der Waals surface area contributed by atoms with Crippen LogP contribution in [-0.2, 0) is 6.54 Å². The molecule has 0 saturated carbocycles. The first-order valence-corrected chi connectivity index (χ1v) is 6.71. The van der Waals surface area contributed by atoms with Gasteiger partial charge < -0.3 is 10.1 Å². The van der Waals surface area contributed by atoms with Crippen LogP contribution in [0.4, 0.5) is 13.2 Å². The molecule has 0 bridgehead atoms. The number of ether oxygens (including phenoxy) is 1. The lowest BCUT2D eigenvalue weighted by atomic mass is 10.2. The maximum absolute atomic E-state index is 13.3. The van der Waals surface area contributed by atoms with E-state index in [1.54, 1.807) is 0 Å². The van der Waals surface area contributed by atoms with E-state index >= 15 is 0 Å². The fourth-order valence-electron chi connectivity index (χ4n) is 1.90. The summed E-state index contributed by atoms with van der Waals surface area (Å²) in [5, 5.41) is 3.13. The van der Waals surface area contributed by atoms with Gasteiger partial charge in [-0.25, -0.2) is 13.2 Å². The third kappa shape index (κ3) is 4.49. The predicted octanol–water partition coefficient (Wildman–Crippen LogP) is 4.40. The highest BCUT2D eigenvalue weighted by Crippen LogP contribution is 2.27. The Balaban J connectivity index is 2.21. The van der Waals surface area contributed by atoms with Gasteiger partial charge in [0, 0.05) is 30.3 Å². The zero-order chi connectivity index (χ0) is 15.2. The van der Waals surface area contributed by atoms with Crippen LogP contribution in [0.3, 0.4) is 0 Å². The highest BCUT2D eigenvalue weighted by molar-refractivity contribution is 5.38. The second-order valence-electron chi connectivity index (χ2n) is 4.64. The molecule has 0 radical (unpaired) electrons. The zero-order valence-electron chi connectivity index (χ0n) is 11.6. The van der Waals surface area contributed by atoms with Gasteiger partial charge in [0.05, 0.1) is 0 Å². The molecule has 21 heavy (non-hydrogen) atoms. The minimum absolute atomic E-state index is 0.0378. The molecule has 0 fully saturated rings. The average molecular weight is 295 g/mol. The highest BCUT2D eigenvalue weighted by Gasteiger charge is 2.08. The molecule has 0 heterocycles. The van der Waals surface area contributed by atoms with Crippen molar-refractivity contribution in [2.24, 2.45) is 0 Å². The van der Waals surface area contributed by atoms with Gasteiger partial charge in [0.25, 0.3) is 0 Å². The quantitative estimate of drug-likeness (QED) is 0.798. The molecule has 5 heteroatoms. The molecule has 2 nitrogen and oxygen atoms in total. The van der Waals surface area contributed by atoms with Crippen molar-refractivity contribution in [2.45, 2.75) is 19.9 Å². The summed E-state index contributed by atoms with van der Waals surface area (Å²) < 4.78 is 45.1. The molecule has 0 aliphatic heterocycles. The molecule has 0 aliphatic rings. The van der Waals surface area contributed by atoms with Crippen molar-refractivity contribution in [3.63, 3.8) is 0 Å². The summed E-state index contributed by atoms with van der Waals surface area (Å²) in [6, 6.07) is 6.95. The Hall–Kier alpha value is -2.01. The van der Waals surface area contributed by atoms with Crippen LogP contribution >= 0.6 is 0 Å². The number of nitrogens with one attached hydrogen (secondary N) is 1. The summed E-state index contributed by atoms with van der Waals surface area (Å²) in [5.41, 5.74) is 0.591. The normalized spacial score (nSPS) is 10.7.